The molecule has 3 nitrogen and oxygen atoms in total. The molecule has 0 saturated carbocycles. The van der Waals surface area contributed by atoms with E-state index in [1.165, 1.54) is 17.7 Å². The molecule has 4 heteroatoms. The Labute approximate surface area is 96.1 Å². The Morgan fingerprint density at radius 1 is 1.60 bits per heavy atom. The number of nitrogens with zero attached hydrogens (tertiary/aromatic N) is 1. The van der Waals surface area contributed by atoms with E-state index < -0.39 is 0 Å². The maximum absolute atomic E-state index is 5.95. The van der Waals surface area contributed by atoms with E-state index in [9.17, 15) is 0 Å². The van der Waals surface area contributed by atoms with Gasteiger partial charge in [-0.15, -0.1) is 11.3 Å². The van der Waals surface area contributed by atoms with Gasteiger partial charge in [-0.2, -0.15) is 0 Å². The molecule has 0 aliphatic rings. The number of nitrogens with two attached hydrogens (primary N) is 1. The fraction of sp³-hybridized carbons (Fsp3) is 0.727. The lowest BCUT2D eigenvalue weighted by molar-refractivity contribution is 0.525. The summed E-state index contributed by atoms with van der Waals surface area (Å²) in [4.78, 5) is 5.50. The van der Waals surface area contributed by atoms with Crippen LogP contribution >= 0.6 is 11.3 Å². The third-order valence-corrected chi connectivity index (χ3v) is 3.22. The average Bonchev–Trinajstić information content (AvgIpc) is 2.61. The Balaban J connectivity index is 2.10. The van der Waals surface area contributed by atoms with Crippen molar-refractivity contribution in [3.05, 3.63) is 16.1 Å². The lowest BCUT2D eigenvalue weighted by atomic mass is 10.1. The standard InChI is InChI=1S/C11H21N3S/c1-3-4-5-10(12)6-13-7-11-8-14-9(2)15-11/h8,10,13H,3-7,12H2,1-2H3. The van der Waals surface area contributed by atoms with Crippen molar-refractivity contribution in [2.75, 3.05) is 6.54 Å². The van der Waals surface area contributed by atoms with Gasteiger partial charge in [0, 0.05) is 30.2 Å². The van der Waals surface area contributed by atoms with Gasteiger partial charge >= 0.3 is 0 Å². The number of aryl methyl sites for hydroxylation is 1. The smallest absolute Gasteiger partial charge is 0.0897 e. The molecule has 0 amide bonds. The molecule has 0 aromatic carbocycles. The van der Waals surface area contributed by atoms with Crippen LogP contribution in [0, 0.1) is 6.92 Å². The van der Waals surface area contributed by atoms with Crippen LogP contribution in [0.25, 0.3) is 0 Å². The number of nitrogens with one attached hydrogen (secondary N) is 1. The number of hydrogen-bond donors (Lipinski definition) is 2. The van der Waals surface area contributed by atoms with E-state index in [1.807, 2.05) is 13.1 Å². The predicted octanol–water partition coefficient (Wildman–Crippen LogP) is 2.06. The summed E-state index contributed by atoms with van der Waals surface area (Å²) in [6, 6.07) is 0.291. The predicted molar refractivity (Wildman–Crippen MR) is 66.1 cm³/mol. The number of thiazole rings is 1. The summed E-state index contributed by atoms with van der Waals surface area (Å²) in [7, 11) is 0. The molecule has 1 unspecified atom stereocenters. The third-order valence-electron chi connectivity index (χ3n) is 2.30. The van der Waals surface area contributed by atoms with Crippen molar-refractivity contribution in [2.24, 2.45) is 5.73 Å². The Morgan fingerprint density at radius 2 is 2.40 bits per heavy atom. The zero-order chi connectivity index (χ0) is 11.1. The molecule has 0 bridgehead atoms. The monoisotopic (exact) mass is 227 g/mol. The second-order valence-electron chi connectivity index (χ2n) is 3.88. The molecule has 1 heterocycles. The number of aromatic nitrogens is 1. The van der Waals surface area contributed by atoms with Crippen molar-refractivity contribution in [2.45, 2.75) is 45.7 Å². The van der Waals surface area contributed by atoms with Crippen molar-refractivity contribution in [1.29, 1.82) is 0 Å². The third kappa shape index (κ3) is 5.25. The van der Waals surface area contributed by atoms with E-state index in [4.69, 9.17) is 5.73 Å². The van der Waals surface area contributed by atoms with Crippen LogP contribution in [0.15, 0.2) is 6.20 Å². The lowest BCUT2D eigenvalue weighted by Crippen LogP contribution is -2.33. The van der Waals surface area contributed by atoms with E-state index in [0.717, 1.165) is 24.5 Å². The van der Waals surface area contributed by atoms with Crippen LogP contribution in [0.5, 0.6) is 0 Å². The molecule has 86 valence electrons. The van der Waals surface area contributed by atoms with Crippen molar-refractivity contribution in [3.63, 3.8) is 0 Å². The highest BCUT2D eigenvalue weighted by Crippen LogP contribution is 2.10. The summed E-state index contributed by atoms with van der Waals surface area (Å²) in [5.74, 6) is 0. The van der Waals surface area contributed by atoms with Crippen LogP contribution in [0.4, 0.5) is 0 Å². The molecule has 1 atom stereocenters. The molecule has 3 N–H and O–H groups in total. The number of hydrogen-bond acceptors (Lipinski definition) is 4. The normalized spacial score (nSPS) is 13.0. The summed E-state index contributed by atoms with van der Waals surface area (Å²) >= 11 is 1.74. The van der Waals surface area contributed by atoms with Crippen LogP contribution in [0.3, 0.4) is 0 Å². The fourth-order valence-corrected chi connectivity index (χ4v) is 2.20. The first-order valence-corrected chi connectivity index (χ1v) is 6.41. The van der Waals surface area contributed by atoms with Crippen LogP contribution < -0.4 is 11.1 Å². The molecule has 0 fully saturated rings. The van der Waals surface area contributed by atoms with Gasteiger partial charge in [0.25, 0.3) is 0 Å². The van der Waals surface area contributed by atoms with Gasteiger partial charge in [-0.3, -0.25) is 0 Å². The Hall–Kier alpha value is -0.450. The summed E-state index contributed by atoms with van der Waals surface area (Å²) in [5.41, 5.74) is 5.95. The highest BCUT2D eigenvalue weighted by molar-refractivity contribution is 7.11. The number of unbranched alkanes of at least 4 members (excludes halogenated alkanes) is 1. The molecule has 0 radical (unpaired) electrons. The van der Waals surface area contributed by atoms with E-state index in [1.54, 1.807) is 11.3 Å². The highest BCUT2D eigenvalue weighted by atomic mass is 32.1. The minimum atomic E-state index is 0.291. The largest absolute Gasteiger partial charge is 0.327 e. The molecule has 15 heavy (non-hydrogen) atoms. The first-order valence-electron chi connectivity index (χ1n) is 5.60. The molecule has 0 spiro atoms. The first-order chi connectivity index (χ1) is 7.22. The summed E-state index contributed by atoms with van der Waals surface area (Å²) in [6.07, 6.45) is 5.50. The van der Waals surface area contributed by atoms with Crippen LogP contribution in [-0.2, 0) is 6.54 Å². The summed E-state index contributed by atoms with van der Waals surface area (Å²) in [6.45, 7) is 6.02. The SMILES string of the molecule is CCCCC(N)CNCc1cnc(C)s1. The molecule has 0 aliphatic carbocycles. The molecular formula is C11H21N3S. The zero-order valence-corrected chi connectivity index (χ0v) is 10.4. The zero-order valence-electron chi connectivity index (χ0n) is 9.62. The van der Waals surface area contributed by atoms with Gasteiger partial charge in [0.1, 0.15) is 0 Å². The maximum Gasteiger partial charge on any atom is 0.0897 e. The molecule has 0 saturated heterocycles. The van der Waals surface area contributed by atoms with Gasteiger partial charge in [-0.05, 0) is 13.3 Å². The van der Waals surface area contributed by atoms with Crippen LogP contribution in [0.2, 0.25) is 0 Å². The van der Waals surface area contributed by atoms with Gasteiger partial charge in [-0.25, -0.2) is 4.98 Å². The van der Waals surface area contributed by atoms with Gasteiger partial charge < -0.3 is 11.1 Å². The minimum Gasteiger partial charge on any atom is -0.327 e. The Morgan fingerprint density at radius 3 is 3.00 bits per heavy atom. The van der Waals surface area contributed by atoms with Gasteiger partial charge in [0.15, 0.2) is 0 Å². The average molecular weight is 227 g/mol. The van der Waals surface area contributed by atoms with Crippen molar-refractivity contribution < 1.29 is 0 Å². The van der Waals surface area contributed by atoms with Crippen molar-refractivity contribution >= 4 is 11.3 Å². The van der Waals surface area contributed by atoms with Crippen LogP contribution in [-0.4, -0.2) is 17.6 Å². The second-order valence-corrected chi connectivity index (χ2v) is 5.20. The molecular weight excluding hydrogens is 206 g/mol. The molecule has 1 rings (SSSR count). The topological polar surface area (TPSA) is 50.9 Å². The molecule has 1 aromatic rings. The maximum atomic E-state index is 5.95. The number of rotatable bonds is 7. The van der Waals surface area contributed by atoms with Gasteiger partial charge in [-0.1, -0.05) is 19.8 Å². The van der Waals surface area contributed by atoms with E-state index in [0.29, 0.717) is 6.04 Å². The van der Waals surface area contributed by atoms with Gasteiger partial charge in [0.2, 0.25) is 0 Å². The van der Waals surface area contributed by atoms with E-state index >= 15 is 0 Å². The summed E-state index contributed by atoms with van der Waals surface area (Å²) < 4.78 is 0. The highest BCUT2D eigenvalue weighted by Gasteiger charge is 2.02. The lowest BCUT2D eigenvalue weighted by Gasteiger charge is -2.11. The van der Waals surface area contributed by atoms with Crippen LogP contribution in [0.1, 0.15) is 36.1 Å². The van der Waals surface area contributed by atoms with Crippen molar-refractivity contribution in [3.8, 4) is 0 Å². The summed E-state index contributed by atoms with van der Waals surface area (Å²) in [5, 5.41) is 4.50. The van der Waals surface area contributed by atoms with Crippen molar-refractivity contribution in [1.82, 2.24) is 10.3 Å². The van der Waals surface area contributed by atoms with Gasteiger partial charge in [0.05, 0.1) is 5.01 Å². The second kappa shape index (κ2) is 6.93. The quantitative estimate of drug-likeness (QED) is 0.749. The minimum absolute atomic E-state index is 0.291. The Kier molecular flexibility index (Phi) is 5.83. The Bertz CT molecular complexity index is 273. The molecule has 0 aliphatic heterocycles. The fourth-order valence-electron chi connectivity index (χ4n) is 1.44. The first kappa shape index (κ1) is 12.6. The molecule has 1 aromatic heterocycles. The van der Waals surface area contributed by atoms with E-state index in [2.05, 4.69) is 17.2 Å². The van der Waals surface area contributed by atoms with E-state index in [-0.39, 0.29) is 0 Å².